The minimum Gasteiger partial charge on any atom is -0.387 e. The molecule has 0 aromatic heterocycles. The van der Waals surface area contributed by atoms with Crippen molar-refractivity contribution in [3.8, 4) is 0 Å². The Labute approximate surface area is 164 Å². The maximum atomic E-state index is 12.2. The Bertz CT molecular complexity index is 521. The molecule has 0 aliphatic carbocycles. The molecule has 2 atom stereocenters. The van der Waals surface area contributed by atoms with Crippen molar-refractivity contribution in [2.24, 2.45) is 11.7 Å². The Morgan fingerprint density at radius 2 is 1.92 bits per heavy atom. The molecule has 6 heteroatoms. The zero-order chi connectivity index (χ0) is 18.2. The second kappa shape index (κ2) is 11.5. The van der Waals surface area contributed by atoms with E-state index < -0.39 is 6.10 Å². The number of hydrogen-bond donors (Lipinski definition) is 2. The second-order valence-electron chi connectivity index (χ2n) is 7.28. The van der Waals surface area contributed by atoms with Gasteiger partial charge in [-0.1, -0.05) is 43.7 Å². The summed E-state index contributed by atoms with van der Waals surface area (Å²) in [5, 5.41) is 10.4. The van der Waals surface area contributed by atoms with Crippen LogP contribution in [0.3, 0.4) is 0 Å². The van der Waals surface area contributed by atoms with Crippen LogP contribution in [0.5, 0.6) is 0 Å². The molecule has 2 unspecified atom stereocenters. The molecule has 0 saturated carbocycles. The number of hydrogen-bond acceptors (Lipinski definition) is 4. The SMILES string of the molecule is CCCC(N)C(=O)N(C)CC1CCN(CC(O)c2ccccc2)CC1.Cl. The molecule has 1 saturated heterocycles. The minimum atomic E-state index is -0.436. The van der Waals surface area contributed by atoms with Gasteiger partial charge in [-0.05, 0) is 43.8 Å². The third-order valence-corrected chi connectivity index (χ3v) is 5.15. The highest BCUT2D eigenvalue weighted by Crippen LogP contribution is 2.21. The predicted molar refractivity (Wildman–Crippen MR) is 108 cm³/mol. The van der Waals surface area contributed by atoms with Crippen molar-refractivity contribution in [1.29, 1.82) is 0 Å². The summed E-state index contributed by atoms with van der Waals surface area (Å²) in [6.07, 6.45) is 3.36. The summed E-state index contributed by atoms with van der Waals surface area (Å²) in [6, 6.07) is 9.46. The minimum absolute atomic E-state index is 0. The Morgan fingerprint density at radius 1 is 1.31 bits per heavy atom. The number of likely N-dealkylation sites (tertiary alicyclic amines) is 1. The smallest absolute Gasteiger partial charge is 0.239 e. The summed E-state index contributed by atoms with van der Waals surface area (Å²) in [7, 11) is 1.86. The average molecular weight is 384 g/mol. The van der Waals surface area contributed by atoms with Crippen molar-refractivity contribution in [3.05, 3.63) is 35.9 Å². The number of nitrogens with two attached hydrogens (primary N) is 1. The van der Waals surface area contributed by atoms with Gasteiger partial charge in [-0.15, -0.1) is 12.4 Å². The van der Waals surface area contributed by atoms with Gasteiger partial charge >= 0.3 is 0 Å². The molecule has 1 aliphatic rings. The number of carbonyl (C=O) groups is 1. The van der Waals surface area contributed by atoms with Crippen LogP contribution in [0.1, 0.15) is 44.3 Å². The Kier molecular flexibility index (Phi) is 10.2. The molecule has 1 amide bonds. The van der Waals surface area contributed by atoms with Crippen molar-refractivity contribution in [3.63, 3.8) is 0 Å². The molecule has 1 aliphatic heterocycles. The lowest BCUT2D eigenvalue weighted by Crippen LogP contribution is -2.45. The molecule has 0 bridgehead atoms. The first kappa shape index (κ1) is 22.9. The molecule has 2 rings (SSSR count). The first-order valence-electron chi connectivity index (χ1n) is 9.47. The van der Waals surface area contributed by atoms with Crippen LogP contribution in [-0.2, 0) is 4.79 Å². The fraction of sp³-hybridized carbons (Fsp3) is 0.650. The van der Waals surface area contributed by atoms with Gasteiger partial charge in [0.1, 0.15) is 0 Å². The Balaban J connectivity index is 0.00000338. The van der Waals surface area contributed by atoms with E-state index in [4.69, 9.17) is 5.73 Å². The van der Waals surface area contributed by atoms with Crippen molar-refractivity contribution >= 4 is 18.3 Å². The second-order valence-corrected chi connectivity index (χ2v) is 7.28. The number of halogens is 1. The summed E-state index contributed by atoms with van der Waals surface area (Å²) >= 11 is 0. The van der Waals surface area contributed by atoms with Gasteiger partial charge in [0.15, 0.2) is 0 Å². The van der Waals surface area contributed by atoms with Gasteiger partial charge in [-0.3, -0.25) is 4.79 Å². The molecule has 0 radical (unpaired) electrons. The Morgan fingerprint density at radius 3 is 2.50 bits per heavy atom. The van der Waals surface area contributed by atoms with E-state index >= 15 is 0 Å². The predicted octanol–water partition coefficient (Wildman–Crippen LogP) is 2.44. The highest BCUT2D eigenvalue weighted by molar-refractivity contribution is 5.85. The van der Waals surface area contributed by atoms with Crippen LogP contribution in [0.2, 0.25) is 0 Å². The van der Waals surface area contributed by atoms with E-state index in [9.17, 15) is 9.90 Å². The Hall–Kier alpha value is -1.14. The largest absolute Gasteiger partial charge is 0.387 e. The van der Waals surface area contributed by atoms with Crippen molar-refractivity contribution in [1.82, 2.24) is 9.80 Å². The average Bonchev–Trinajstić information content (AvgIpc) is 2.63. The van der Waals surface area contributed by atoms with E-state index in [0.29, 0.717) is 12.5 Å². The maximum Gasteiger partial charge on any atom is 0.239 e. The van der Waals surface area contributed by atoms with E-state index in [1.54, 1.807) is 4.90 Å². The van der Waals surface area contributed by atoms with Crippen LogP contribution in [0.25, 0.3) is 0 Å². The van der Waals surface area contributed by atoms with Crippen LogP contribution < -0.4 is 5.73 Å². The zero-order valence-corrected chi connectivity index (χ0v) is 16.8. The van der Waals surface area contributed by atoms with E-state index in [1.807, 2.05) is 44.3 Å². The van der Waals surface area contributed by atoms with Crippen molar-refractivity contribution in [2.45, 2.75) is 44.8 Å². The molecular formula is C20H34ClN3O2. The number of benzene rings is 1. The van der Waals surface area contributed by atoms with Gasteiger partial charge in [0.05, 0.1) is 12.1 Å². The summed E-state index contributed by atoms with van der Waals surface area (Å²) in [5.41, 5.74) is 6.91. The van der Waals surface area contributed by atoms with Crippen LogP contribution in [0.4, 0.5) is 0 Å². The van der Waals surface area contributed by atoms with Crippen LogP contribution in [0, 0.1) is 5.92 Å². The van der Waals surface area contributed by atoms with Gasteiger partial charge in [0.25, 0.3) is 0 Å². The van der Waals surface area contributed by atoms with Gasteiger partial charge in [0.2, 0.25) is 5.91 Å². The van der Waals surface area contributed by atoms with Crippen molar-refractivity contribution < 1.29 is 9.90 Å². The molecular weight excluding hydrogens is 350 g/mol. The number of amides is 1. The lowest BCUT2D eigenvalue weighted by Gasteiger charge is -2.35. The summed E-state index contributed by atoms with van der Waals surface area (Å²) in [4.78, 5) is 16.4. The van der Waals surface area contributed by atoms with Gasteiger partial charge in [-0.25, -0.2) is 0 Å². The summed E-state index contributed by atoms with van der Waals surface area (Å²) in [6.45, 7) is 5.44. The van der Waals surface area contributed by atoms with Crippen LogP contribution in [-0.4, -0.2) is 60.1 Å². The molecule has 1 heterocycles. The topological polar surface area (TPSA) is 69.8 Å². The van der Waals surface area contributed by atoms with Crippen molar-refractivity contribution in [2.75, 3.05) is 33.2 Å². The monoisotopic (exact) mass is 383 g/mol. The molecule has 26 heavy (non-hydrogen) atoms. The normalized spacial score (nSPS) is 18.0. The number of nitrogens with zero attached hydrogens (tertiary/aromatic N) is 2. The fourth-order valence-corrected chi connectivity index (χ4v) is 3.57. The highest BCUT2D eigenvalue weighted by atomic mass is 35.5. The standard InChI is InChI=1S/C20H33N3O2.ClH/c1-3-7-18(21)20(25)22(2)14-16-10-12-23(13-11-16)15-19(24)17-8-5-4-6-9-17;/h4-6,8-9,16,18-19,24H,3,7,10-15,21H2,1-2H3;1H. The molecule has 1 aromatic carbocycles. The van der Waals surface area contributed by atoms with Crippen LogP contribution >= 0.6 is 12.4 Å². The number of likely N-dealkylation sites (N-methyl/N-ethyl adjacent to an activating group) is 1. The van der Waals surface area contributed by atoms with E-state index in [1.165, 1.54) is 0 Å². The molecule has 0 spiro atoms. The third kappa shape index (κ3) is 6.88. The summed E-state index contributed by atoms with van der Waals surface area (Å²) in [5.74, 6) is 0.580. The quantitative estimate of drug-likeness (QED) is 0.723. The molecule has 1 aromatic rings. The lowest BCUT2D eigenvalue weighted by atomic mass is 9.95. The zero-order valence-electron chi connectivity index (χ0n) is 16.0. The number of β-amino-alcohol motifs (C(OH)–C–C–N with tert-alkyl or cyclic N) is 1. The molecule has 148 valence electrons. The maximum absolute atomic E-state index is 12.2. The first-order chi connectivity index (χ1) is 12.0. The number of aliphatic hydroxyl groups is 1. The molecule has 1 fully saturated rings. The van der Waals surface area contributed by atoms with Gasteiger partial charge in [-0.2, -0.15) is 0 Å². The summed E-state index contributed by atoms with van der Waals surface area (Å²) < 4.78 is 0. The molecule has 3 N–H and O–H groups in total. The van der Waals surface area contributed by atoms with Gasteiger partial charge in [0, 0.05) is 20.1 Å². The number of piperidine rings is 1. The lowest BCUT2D eigenvalue weighted by molar-refractivity contribution is -0.132. The number of carbonyl (C=O) groups excluding carboxylic acids is 1. The van der Waals surface area contributed by atoms with E-state index in [-0.39, 0.29) is 24.4 Å². The first-order valence-corrected chi connectivity index (χ1v) is 9.47. The van der Waals surface area contributed by atoms with E-state index in [2.05, 4.69) is 4.90 Å². The van der Waals surface area contributed by atoms with Crippen LogP contribution in [0.15, 0.2) is 30.3 Å². The number of aliphatic hydroxyl groups excluding tert-OH is 1. The van der Waals surface area contributed by atoms with E-state index in [0.717, 1.165) is 50.9 Å². The number of rotatable bonds is 8. The van der Waals surface area contributed by atoms with Gasteiger partial charge < -0.3 is 20.6 Å². The third-order valence-electron chi connectivity index (χ3n) is 5.15. The fourth-order valence-electron chi connectivity index (χ4n) is 3.57. The highest BCUT2D eigenvalue weighted by Gasteiger charge is 2.25. The molecule has 5 nitrogen and oxygen atoms in total.